The fourth-order valence-corrected chi connectivity index (χ4v) is 5.16. The summed E-state index contributed by atoms with van der Waals surface area (Å²) < 4.78 is 0. The van der Waals surface area contributed by atoms with E-state index in [0.29, 0.717) is 10.8 Å². The predicted octanol–water partition coefficient (Wildman–Crippen LogP) is 3.06. The van der Waals surface area contributed by atoms with Crippen molar-refractivity contribution in [2.75, 3.05) is 0 Å². The molecule has 2 aliphatic carbocycles. The molecule has 0 bridgehead atoms. The zero-order chi connectivity index (χ0) is 21.2. The summed E-state index contributed by atoms with van der Waals surface area (Å²) >= 11 is 0. The van der Waals surface area contributed by atoms with Gasteiger partial charge in [0, 0.05) is 0 Å². The first-order chi connectivity index (χ1) is 13.3. The number of hydrogen-bond donors (Lipinski definition) is 0. The molecule has 0 heterocycles. The summed E-state index contributed by atoms with van der Waals surface area (Å²) in [5.41, 5.74) is 3.75. The van der Waals surface area contributed by atoms with Crippen LogP contribution in [0.4, 0.5) is 0 Å². The Morgan fingerprint density at radius 2 is 0.968 bits per heavy atom. The van der Waals surface area contributed by atoms with E-state index in [1.54, 1.807) is 0 Å². The zero-order valence-corrected chi connectivity index (χ0v) is 25.3. The Hall–Kier alpha value is 0.423. The first kappa shape index (κ1) is 36.0. The number of allylic oxidation sites excluding steroid dienone is 8. The van der Waals surface area contributed by atoms with Crippen LogP contribution in [0.5, 0.6) is 0 Å². The molecule has 31 heavy (non-hydrogen) atoms. The van der Waals surface area contributed by atoms with Crippen LogP contribution in [0.3, 0.4) is 0 Å². The van der Waals surface area contributed by atoms with Crippen molar-refractivity contribution in [3.63, 3.8) is 0 Å². The van der Waals surface area contributed by atoms with Gasteiger partial charge in [0.1, 0.15) is 0 Å². The number of hydrogen-bond acceptors (Lipinski definition) is 0. The summed E-state index contributed by atoms with van der Waals surface area (Å²) in [7, 11) is 0. The Labute approximate surface area is 226 Å². The molecule has 0 nitrogen and oxygen atoms in total. The second-order valence-electron chi connectivity index (χ2n) is 9.56. The van der Waals surface area contributed by atoms with Crippen molar-refractivity contribution in [2.45, 2.75) is 107 Å². The summed E-state index contributed by atoms with van der Waals surface area (Å²) in [6.07, 6.45) is 25.7. The van der Waals surface area contributed by atoms with Crippen LogP contribution in [0.2, 0.25) is 0 Å². The van der Waals surface area contributed by atoms with Gasteiger partial charge < -0.3 is 24.8 Å². The van der Waals surface area contributed by atoms with E-state index in [0.717, 1.165) is 24.7 Å². The number of rotatable bonds is 10. The Morgan fingerprint density at radius 3 is 1.13 bits per heavy atom. The van der Waals surface area contributed by atoms with Gasteiger partial charge >= 0.3 is 26.2 Å². The molecule has 0 aromatic heterocycles. The summed E-state index contributed by atoms with van der Waals surface area (Å²) in [6.45, 7) is 18.5. The van der Waals surface area contributed by atoms with E-state index in [4.69, 9.17) is 0 Å². The summed E-state index contributed by atoms with van der Waals surface area (Å²) in [5, 5.41) is 0. The quantitative estimate of drug-likeness (QED) is 0.371. The second kappa shape index (κ2) is 17.8. The molecule has 0 amide bonds. The smallest absolute Gasteiger partial charge is 1.00 e. The van der Waals surface area contributed by atoms with Crippen LogP contribution in [-0.2, 0) is 26.2 Å². The third-order valence-corrected chi connectivity index (χ3v) is 6.84. The minimum Gasteiger partial charge on any atom is -1.00 e. The predicted molar refractivity (Wildman–Crippen MR) is 126 cm³/mol. The summed E-state index contributed by atoms with van der Waals surface area (Å²) in [4.78, 5) is 0. The van der Waals surface area contributed by atoms with E-state index >= 15 is 0 Å². The zero-order valence-electron chi connectivity index (χ0n) is 21.4. The molecule has 0 aromatic rings. The van der Waals surface area contributed by atoms with Gasteiger partial charge in [0.15, 0.2) is 0 Å². The molecule has 0 spiro atoms. The topological polar surface area (TPSA) is 0 Å². The Bertz CT molecular complexity index is 522. The fourth-order valence-electron chi connectivity index (χ4n) is 5.16. The first-order valence-electron chi connectivity index (χ1n) is 11.8. The average Bonchev–Trinajstić information content (AvgIpc) is 3.38. The molecule has 0 aliphatic heterocycles. The van der Waals surface area contributed by atoms with Crippen molar-refractivity contribution in [1.29, 1.82) is 0 Å². The largest absolute Gasteiger partial charge is 4.00 e. The van der Waals surface area contributed by atoms with Crippen LogP contribution in [0, 0.1) is 34.8 Å². The monoisotopic (exact) mass is 542 g/mol. The maximum atomic E-state index is 3.51. The van der Waals surface area contributed by atoms with Gasteiger partial charge in [-0.15, -0.1) is 12.8 Å². The van der Waals surface area contributed by atoms with Gasteiger partial charge in [-0.2, -0.15) is 12.2 Å². The molecule has 0 unspecified atom stereocenters. The Balaban J connectivity index is -0.000000461. The summed E-state index contributed by atoms with van der Waals surface area (Å²) in [5.74, 6) is 1.55. The molecule has 0 N–H and O–H groups in total. The molecular weight excluding hydrogens is 498 g/mol. The third kappa shape index (κ3) is 10.5. The van der Waals surface area contributed by atoms with E-state index in [2.05, 4.69) is 91.8 Å². The van der Waals surface area contributed by atoms with Gasteiger partial charge in [-0.1, -0.05) is 55.4 Å². The van der Waals surface area contributed by atoms with Crippen LogP contribution < -0.4 is 24.8 Å². The van der Waals surface area contributed by atoms with Crippen molar-refractivity contribution >= 4 is 0 Å². The van der Waals surface area contributed by atoms with Crippen LogP contribution in [0.25, 0.3) is 0 Å². The molecule has 0 radical (unpaired) electrons. The molecule has 2 aliphatic rings. The van der Waals surface area contributed by atoms with Crippen LogP contribution in [0.1, 0.15) is 107 Å². The van der Waals surface area contributed by atoms with Crippen molar-refractivity contribution in [3.05, 3.63) is 47.6 Å². The molecule has 0 aromatic carbocycles. The molecule has 0 saturated carbocycles. The second-order valence-corrected chi connectivity index (χ2v) is 9.56. The molecule has 3 heteroatoms. The molecule has 176 valence electrons. The maximum Gasteiger partial charge on any atom is 4.00 e. The fraction of sp³-hybridized carbons (Fsp3) is 0.714. The van der Waals surface area contributed by atoms with Crippen molar-refractivity contribution < 1.29 is 51.0 Å². The summed E-state index contributed by atoms with van der Waals surface area (Å²) in [6, 6.07) is 0. The number of halogens is 2. The molecule has 0 atom stereocenters. The van der Waals surface area contributed by atoms with Gasteiger partial charge in [-0.25, -0.2) is 23.3 Å². The standard InChI is InChI=1S/2C14H23.2ClH.Zr/c2*1-5-14(6-2,11-12(3)4)13-9-7-8-10-13;;;/h2*7,9,12H,5-6,8,11H2,1-4H3;2*1H;/q2*-1;;;+4/p-2. The maximum absolute atomic E-state index is 3.51. The Morgan fingerprint density at radius 1 is 0.677 bits per heavy atom. The third-order valence-electron chi connectivity index (χ3n) is 6.84. The minimum absolute atomic E-state index is 0. The van der Waals surface area contributed by atoms with Gasteiger partial charge in [0.2, 0.25) is 0 Å². The van der Waals surface area contributed by atoms with Crippen molar-refractivity contribution in [3.8, 4) is 0 Å². The average molecular weight is 545 g/mol. The van der Waals surface area contributed by atoms with Crippen LogP contribution in [0.15, 0.2) is 35.5 Å². The van der Waals surface area contributed by atoms with E-state index in [1.807, 2.05) is 0 Å². The normalized spacial score (nSPS) is 14.9. The molecular formula is C28H46Cl2Zr. The SMILES string of the molecule is CCC(CC)(CC(C)C)C1=[C-]CC=C1.CCC(CC)(CC(C)C)C1=[C-]CC=C1.[Cl-].[Cl-].[Zr+4]. The van der Waals surface area contributed by atoms with Gasteiger partial charge in [-0.3, -0.25) is 12.2 Å². The van der Waals surface area contributed by atoms with Crippen molar-refractivity contribution in [2.24, 2.45) is 22.7 Å². The van der Waals surface area contributed by atoms with E-state index in [9.17, 15) is 0 Å². The molecule has 0 fully saturated rings. The Kier molecular flexibility index (Phi) is 20.7. The first-order valence-corrected chi connectivity index (χ1v) is 11.8. The van der Waals surface area contributed by atoms with E-state index < -0.39 is 0 Å². The molecule has 0 saturated heterocycles. The van der Waals surface area contributed by atoms with Crippen LogP contribution in [-0.4, -0.2) is 0 Å². The molecule has 2 rings (SSSR count). The van der Waals surface area contributed by atoms with Gasteiger partial charge in [-0.05, 0) is 61.2 Å². The van der Waals surface area contributed by atoms with Crippen LogP contribution >= 0.6 is 0 Å². The van der Waals surface area contributed by atoms with Gasteiger partial charge in [0.05, 0.1) is 0 Å². The van der Waals surface area contributed by atoms with E-state index in [1.165, 1.54) is 49.7 Å². The van der Waals surface area contributed by atoms with Gasteiger partial charge in [0.25, 0.3) is 0 Å². The van der Waals surface area contributed by atoms with E-state index in [-0.39, 0.29) is 51.0 Å². The minimum atomic E-state index is 0. The van der Waals surface area contributed by atoms with Crippen molar-refractivity contribution in [1.82, 2.24) is 0 Å².